The summed E-state index contributed by atoms with van der Waals surface area (Å²) >= 11 is 0. The van der Waals surface area contributed by atoms with Crippen LogP contribution in [0.3, 0.4) is 0 Å². The summed E-state index contributed by atoms with van der Waals surface area (Å²) in [5.41, 5.74) is 13.0. The van der Waals surface area contributed by atoms with Crippen LogP contribution in [0.2, 0.25) is 0 Å². The van der Waals surface area contributed by atoms with Gasteiger partial charge >= 0.3 is 0 Å². The molecule has 0 amide bonds. The summed E-state index contributed by atoms with van der Waals surface area (Å²) in [5, 5.41) is 0.980. The van der Waals surface area contributed by atoms with Crippen LogP contribution < -0.4 is 10.6 Å². The Hall–Kier alpha value is -5.59. The van der Waals surface area contributed by atoms with Crippen molar-refractivity contribution in [1.82, 2.24) is 9.88 Å². The molecule has 0 bridgehead atoms. The highest BCUT2D eigenvalue weighted by Crippen LogP contribution is 2.46. The summed E-state index contributed by atoms with van der Waals surface area (Å²) in [4.78, 5) is 34.3. The first kappa shape index (κ1) is 31.0. The van der Waals surface area contributed by atoms with Gasteiger partial charge in [-0.15, -0.1) is 0 Å². The molecule has 0 aliphatic carbocycles. The molecule has 238 valence electrons. The Labute approximate surface area is 281 Å². The fourth-order valence-electron chi connectivity index (χ4n) is 7.58. The zero-order valence-corrected chi connectivity index (χ0v) is 27.2. The number of carbonyl (C=O) groups excluding carboxylic acids is 2. The number of Topliss-reactive ketones (excluding diaryl/α,β-unsaturated/α-hetero) is 1. The third kappa shape index (κ3) is 5.24. The molecular weight excluding hydrogens is 592 g/mol. The van der Waals surface area contributed by atoms with Crippen LogP contribution in [-0.4, -0.2) is 40.2 Å². The number of rotatable bonds is 9. The van der Waals surface area contributed by atoms with Crippen LogP contribution in [0, 0.1) is 0 Å². The van der Waals surface area contributed by atoms with Crippen LogP contribution in [0.25, 0.3) is 10.9 Å². The Morgan fingerprint density at radius 2 is 1.33 bits per heavy atom. The van der Waals surface area contributed by atoms with E-state index in [0.717, 1.165) is 44.4 Å². The van der Waals surface area contributed by atoms with E-state index in [9.17, 15) is 9.59 Å². The first-order valence-electron chi connectivity index (χ1n) is 16.2. The molecule has 1 aromatic heterocycles. The quantitative estimate of drug-likeness (QED) is 0.0777. The van der Waals surface area contributed by atoms with E-state index in [4.69, 9.17) is 5.73 Å². The Morgan fingerprint density at radius 1 is 0.792 bits per heavy atom. The largest absolute Gasteiger partial charge is 0.399 e. The van der Waals surface area contributed by atoms with Gasteiger partial charge < -0.3 is 10.6 Å². The summed E-state index contributed by atoms with van der Waals surface area (Å²) in [6.07, 6.45) is 2.27. The molecule has 1 atom stereocenters. The minimum Gasteiger partial charge on any atom is -0.399 e. The van der Waals surface area contributed by atoms with Crippen molar-refractivity contribution >= 4 is 34.3 Å². The number of nitrogens with zero attached hydrogens (tertiary/aromatic N) is 3. The van der Waals surface area contributed by atoms with Gasteiger partial charge in [-0.25, -0.2) is 0 Å². The highest BCUT2D eigenvalue weighted by molar-refractivity contribution is 6.29. The molecule has 0 radical (unpaired) electrons. The minimum absolute atomic E-state index is 0.442. The lowest BCUT2D eigenvalue weighted by Gasteiger charge is -2.37. The number of aromatic nitrogens is 1. The molecule has 6 heteroatoms. The third-order valence-electron chi connectivity index (χ3n) is 9.97. The SMILES string of the molecule is CC1(C)C(C(=O)C=O)N(c2ccc(C(c3ccccc3)(c3ccccc3)c3ccccc3)cc2)CN1Cc1ccnc2ccc(N)cc12. The van der Waals surface area contributed by atoms with Gasteiger partial charge in [0, 0.05) is 35.0 Å². The predicted octanol–water partition coefficient (Wildman–Crippen LogP) is 7.39. The van der Waals surface area contributed by atoms with Crippen molar-refractivity contribution in [2.45, 2.75) is 37.4 Å². The second-order valence-corrected chi connectivity index (χ2v) is 13.0. The van der Waals surface area contributed by atoms with Crippen LogP contribution in [0.5, 0.6) is 0 Å². The van der Waals surface area contributed by atoms with E-state index in [2.05, 4.69) is 112 Å². The van der Waals surface area contributed by atoms with E-state index in [0.29, 0.717) is 25.2 Å². The van der Waals surface area contributed by atoms with Crippen molar-refractivity contribution in [3.63, 3.8) is 0 Å². The van der Waals surface area contributed by atoms with Crippen molar-refractivity contribution in [3.8, 4) is 0 Å². The Bertz CT molecular complexity index is 1970. The van der Waals surface area contributed by atoms with Crippen molar-refractivity contribution in [3.05, 3.63) is 174 Å². The van der Waals surface area contributed by atoms with Crippen LogP contribution in [0.15, 0.2) is 146 Å². The van der Waals surface area contributed by atoms with Gasteiger partial charge in [0.05, 0.1) is 17.6 Å². The Balaban J connectivity index is 1.32. The van der Waals surface area contributed by atoms with Crippen LogP contribution in [0.1, 0.15) is 41.7 Å². The lowest BCUT2D eigenvalue weighted by molar-refractivity contribution is -0.131. The number of aldehydes is 1. The van der Waals surface area contributed by atoms with Crippen LogP contribution in [-0.2, 0) is 21.5 Å². The van der Waals surface area contributed by atoms with Gasteiger partial charge in [-0.1, -0.05) is 103 Å². The van der Waals surface area contributed by atoms with E-state index < -0.39 is 22.8 Å². The molecule has 0 spiro atoms. The molecule has 1 fully saturated rings. The number of carbonyl (C=O) groups is 2. The number of benzene rings is 5. The molecule has 48 heavy (non-hydrogen) atoms. The lowest BCUT2D eigenvalue weighted by Crippen LogP contribution is -2.51. The number of pyridine rings is 1. The maximum Gasteiger partial charge on any atom is 0.219 e. The summed E-state index contributed by atoms with van der Waals surface area (Å²) < 4.78 is 0. The van der Waals surface area contributed by atoms with Crippen LogP contribution >= 0.6 is 0 Å². The van der Waals surface area contributed by atoms with Gasteiger partial charge in [-0.2, -0.15) is 0 Å². The first-order valence-corrected chi connectivity index (χ1v) is 16.2. The van der Waals surface area contributed by atoms with E-state index in [-0.39, 0.29) is 0 Å². The molecule has 6 nitrogen and oxygen atoms in total. The molecule has 1 saturated heterocycles. The third-order valence-corrected chi connectivity index (χ3v) is 9.97. The average molecular weight is 631 g/mol. The summed E-state index contributed by atoms with van der Waals surface area (Å²) in [5.74, 6) is -0.442. The van der Waals surface area contributed by atoms with Gasteiger partial charge in [0.1, 0.15) is 6.04 Å². The van der Waals surface area contributed by atoms with E-state index in [1.165, 1.54) is 0 Å². The normalized spacial score (nSPS) is 16.2. The number of ketones is 1. The van der Waals surface area contributed by atoms with Crippen LogP contribution in [0.4, 0.5) is 11.4 Å². The molecule has 6 aromatic rings. The van der Waals surface area contributed by atoms with Gasteiger partial charge in [0.15, 0.2) is 6.29 Å². The Kier molecular flexibility index (Phi) is 8.11. The summed E-state index contributed by atoms with van der Waals surface area (Å²) in [6.45, 7) is 5.10. The molecule has 2 N–H and O–H groups in total. The molecule has 0 saturated carbocycles. The summed E-state index contributed by atoms with van der Waals surface area (Å²) in [6, 6.07) is 47.3. The molecule has 2 heterocycles. The molecule has 1 aliphatic heterocycles. The van der Waals surface area contributed by atoms with Gasteiger partial charge in [0.2, 0.25) is 5.78 Å². The summed E-state index contributed by atoms with van der Waals surface area (Å²) in [7, 11) is 0. The second kappa shape index (κ2) is 12.5. The zero-order chi connectivity index (χ0) is 33.3. The van der Waals surface area contributed by atoms with E-state index in [1.807, 2.05) is 56.3 Å². The minimum atomic E-state index is -0.666. The molecular formula is C42H38N4O2. The second-order valence-electron chi connectivity index (χ2n) is 13.0. The smallest absolute Gasteiger partial charge is 0.219 e. The van der Waals surface area contributed by atoms with Gasteiger partial charge in [-0.05, 0) is 78.1 Å². The number of hydrogen-bond acceptors (Lipinski definition) is 6. The lowest BCUT2D eigenvalue weighted by atomic mass is 9.65. The number of hydrogen-bond donors (Lipinski definition) is 1. The molecule has 7 rings (SSSR count). The zero-order valence-electron chi connectivity index (χ0n) is 27.2. The number of fused-ring (bicyclic) bond motifs is 1. The monoisotopic (exact) mass is 630 g/mol. The van der Waals surface area contributed by atoms with E-state index in [1.54, 1.807) is 6.20 Å². The first-order chi connectivity index (χ1) is 23.3. The highest BCUT2D eigenvalue weighted by atomic mass is 16.2. The topological polar surface area (TPSA) is 79.5 Å². The maximum atomic E-state index is 13.4. The van der Waals surface area contributed by atoms with E-state index >= 15 is 0 Å². The van der Waals surface area contributed by atoms with Gasteiger partial charge in [-0.3, -0.25) is 19.5 Å². The molecule has 1 aliphatic rings. The average Bonchev–Trinajstić information content (AvgIpc) is 3.39. The number of nitrogen functional groups attached to an aromatic ring is 1. The fourth-order valence-corrected chi connectivity index (χ4v) is 7.58. The molecule has 5 aromatic carbocycles. The van der Waals surface area contributed by atoms with Crippen molar-refractivity contribution in [2.75, 3.05) is 17.3 Å². The number of anilines is 2. The predicted molar refractivity (Wildman–Crippen MR) is 193 cm³/mol. The van der Waals surface area contributed by atoms with Gasteiger partial charge in [0.25, 0.3) is 0 Å². The highest BCUT2D eigenvalue weighted by Gasteiger charge is 2.50. The van der Waals surface area contributed by atoms with Crippen molar-refractivity contribution in [2.24, 2.45) is 0 Å². The van der Waals surface area contributed by atoms with Crippen molar-refractivity contribution < 1.29 is 9.59 Å². The molecule has 1 unspecified atom stereocenters. The number of nitrogens with two attached hydrogens (primary N) is 1. The maximum absolute atomic E-state index is 13.4. The fraction of sp³-hybridized carbons (Fsp3) is 0.167. The standard InChI is InChI=1S/C42H38N4O2/c1-41(2)40(39(48)28-47)46(29-45(41)27-30-24-25-44-38-23-20-35(43)26-37(30)38)36-21-18-34(19-22-36)42(31-12-6-3-7-13-31,32-14-8-4-9-15-32)33-16-10-5-11-17-33/h3-26,28,40H,27,29,43H2,1-2H3. The Morgan fingerprint density at radius 3 is 1.88 bits per heavy atom. The van der Waals surface area contributed by atoms with Crippen molar-refractivity contribution in [1.29, 1.82) is 0 Å².